The van der Waals surface area contributed by atoms with Crippen LogP contribution < -0.4 is 16.0 Å². The number of aromatic nitrogens is 2. The van der Waals surface area contributed by atoms with E-state index in [1.54, 1.807) is 18.2 Å². The Morgan fingerprint density at radius 1 is 1.24 bits per heavy atom. The fourth-order valence-corrected chi connectivity index (χ4v) is 3.83. The number of carbonyl (C=O) groups is 3. The molecular formula is C20H24N6O3. The van der Waals surface area contributed by atoms with Crippen LogP contribution in [0.2, 0.25) is 0 Å². The molecule has 1 aliphatic heterocycles. The fourth-order valence-electron chi connectivity index (χ4n) is 3.83. The number of nitrogens with zero attached hydrogens (tertiary/aromatic N) is 3. The van der Waals surface area contributed by atoms with Gasteiger partial charge < -0.3 is 16.0 Å². The number of anilines is 2. The number of nitrogens with one attached hydrogen (secondary N) is 3. The molecule has 3 aliphatic rings. The first-order valence-electron chi connectivity index (χ1n) is 9.86. The summed E-state index contributed by atoms with van der Waals surface area (Å²) in [5.74, 6) is 0.796. The quantitative estimate of drug-likeness (QED) is 0.499. The summed E-state index contributed by atoms with van der Waals surface area (Å²) in [6, 6.07) is 1.65. The van der Waals surface area contributed by atoms with E-state index in [9.17, 15) is 14.4 Å². The Bertz CT molecular complexity index is 899. The van der Waals surface area contributed by atoms with Crippen LogP contribution >= 0.6 is 0 Å². The first-order chi connectivity index (χ1) is 14.0. The molecule has 0 radical (unpaired) electrons. The summed E-state index contributed by atoms with van der Waals surface area (Å²) in [5.41, 5.74) is 0.492. The van der Waals surface area contributed by atoms with Crippen LogP contribution in [0.5, 0.6) is 0 Å². The van der Waals surface area contributed by atoms with Crippen molar-refractivity contribution < 1.29 is 14.4 Å². The van der Waals surface area contributed by atoms with E-state index in [2.05, 4.69) is 25.9 Å². The molecule has 2 aliphatic carbocycles. The summed E-state index contributed by atoms with van der Waals surface area (Å²) < 4.78 is 0. The number of amides is 3. The van der Waals surface area contributed by atoms with Gasteiger partial charge in [0.15, 0.2) is 0 Å². The van der Waals surface area contributed by atoms with E-state index in [-0.39, 0.29) is 17.7 Å². The second-order valence-electron chi connectivity index (χ2n) is 7.75. The van der Waals surface area contributed by atoms with E-state index < -0.39 is 5.66 Å². The summed E-state index contributed by atoms with van der Waals surface area (Å²) in [7, 11) is 0. The van der Waals surface area contributed by atoms with E-state index in [0.717, 1.165) is 50.6 Å². The normalized spacial score (nSPS) is 22.1. The third-order valence-corrected chi connectivity index (χ3v) is 5.52. The Hall–Kier alpha value is -3.23. The maximum atomic E-state index is 12.4. The molecule has 3 amide bonds. The van der Waals surface area contributed by atoms with Crippen molar-refractivity contribution in [2.45, 2.75) is 51.1 Å². The van der Waals surface area contributed by atoms with Crippen LogP contribution in [0.1, 0.15) is 45.4 Å². The lowest BCUT2D eigenvalue weighted by Crippen LogP contribution is -2.48. The Balaban J connectivity index is 1.45. The van der Waals surface area contributed by atoms with Crippen LogP contribution in [0.3, 0.4) is 0 Å². The summed E-state index contributed by atoms with van der Waals surface area (Å²) in [6.45, 7) is 1.82. The molecule has 1 aromatic heterocycles. The van der Waals surface area contributed by atoms with E-state index >= 15 is 0 Å². The van der Waals surface area contributed by atoms with Crippen LogP contribution in [0.4, 0.5) is 11.6 Å². The van der Waals surface area contributed by atoms with E-state index in [4.69, 9.17) is 0 Å². The molecule has 2 saturated carbocycles. The van der Waals surface area contributed by atoms with Crippen LogP contribution in [-0.4, -0.2) is 38.8 Å². The maximum absolute atomic E-state index is 12.4. The van der Waals surface area contributed by atoms with Crippen molar-refractivity contribution in [1.82, 2.24) is 20.2 Å². The number of rotatable bonds is 6. The van der Waals surface area contributed by atoms with Gasteiger partial charge in [-0.1, -0.05) is 0 Å². The molecule has 0 atom stereocenters. The van der Waals surface area contributed by atoms with Crippen LogP contribution in [0.15, 0.2) is 35.9 Å². The molecule has 0 bridgehead atoms. The third kappa shape index (κ3) is 3.98. The second-order valence-corrected chi connectivity index (χ2v) is 7.75. The zero-order chi connectivity index (χ0) is 20.4. The van der Waals surface area contributed by atoms with E-state index in [1.807, 2.05) is 6.92 Å². The van der Waals surface area contributed by atoms with Crippen LogP contribution in [0, 0.1) is 5.92 Å². The minimum atomic E-state index is -0.568. The van der Waals surface area contributed by atoms with Gasteiger partial charge in [-0.05, 0) is 57.6 Å². The van der Waals surface area contributed by atoms with Gasteiger partial charge in [0.1, 0.15) is 29.3 Å². The highest BCUT2D eigenvalue weighted by atomic mass is 16.2. The molecule has 1 saturated heterocycles. The number of carbonyl (C=O) groups excluding carboxylic acids is 3. The molecule has 3 fully saturated rings. The zero-order valence-electron chi connectivity index (χ0n) is 16.3. The van der Waals surface area contributed by atoms with Gasteiger partial charge in [-0.25, -0.2) is 9.97 Å². The number of hydrogen-bond donors (Lipinski definition) is 3. The predicted octanol–water partition coefficient (Wildman–Crippen LogP) is 1.88. The van der Waals surface area contributed by atoms with Crippen molar-refractivity contribution in [3.63, 3.8) is 0 Å². The molecule has 1 aromatic rings. The molecule has 2 heterocycles. The maximum Gasteiger partial charge on any atom is 0.269 e. The van der Waals surface area contributed by atoms with Crippen LogP contribution in [-0.2, 0) is 14.4 Å². The highest BCUT2D eigenvalue weighted by Crippen LogP contribution is 2.38. The van der Waals surface area contributed by atoms with Gasteiger partial charge >= 0.3 is 0 Å². The average molecular weight is 396 g/mol. The molecule has 152 valence electrons. The summed E-state index contributed by atoms with van der Waals surface area (Å²) in [6.07, 6.45) is 10.8. The summed E-state index contributed by atoms with van der Waals surface area (Å²) in [5, 5.41) is 8.86. The minimum absolute atomic E-state index is 0.0197. The molecule has 1 spiro atoms. The van der Waals surface area contributed by atoms with Gasteiger partial charge in [0.25, 0.3) is 5.91 Å². The fraction of sp³-hybridized carbons (Fsp3) is 0.450. The highest BCUT2D eigenvalue weighted by molar-refractivity contribution is 5.99. The van der Waals surface area contributed by atoms with Crippen molar-refractivity contribution in [3.05, 3.63) is 35.9 Å². The highest BCUT2D eigenvalue weighted by Gasteiger charge is 2.48. The van der Waals surface area contributed by atoms with Gasteiger partial charge in [0.2, 0.25) is 12.3 Å². The largest absolute Gasteiger partial charge is 0.344 e. The van der Waals surface area contributed by atoms with Crippen molar-refractivity contribution in [2.75, 3.05) is 10.6 Å². The molecule has 29 heavy (non-hydrogen) atoms. The van der Waals surface area contributed by atoms with Gasteiger partial charge in [0, 0.05) is 17.7 Å². The smallest absolute Gasteiger partial charge is 0.269 e. The standard InChI is InChI=1S/C20H24N6O3/c1-13(23-16-10-17(22-11-21-16)24-18(28)14-5-6-14)4-7-15-19(29)25-20(26(15)12-27)8-2-3-9-20/h4,7,10-12,14H,2-3,5-6,8-9H2,1H3,(H,25,29)(H2,21,22,23,24,28)/b13-4+,15-7-. The summed E-state index contributed by atoms with van der Waals surface area (Å²) >= 11 is 0. The Labute approximate surface area is 168 Å². The Kier molecular flexibility index (Phi) is 5.04. The van der Waals surface area contributed by atoms with E-state index in [1.165, 1.54) is 11.2 Å². The molecule has 4 rings (SSSR count). The molecule has 9 heteroatoms. The first kappa shape index (κ1) is 19.1. The lowest BCUT2D eigenvalue weighted by atomic mass is 10.1. The van der Waals surface area contributed by atoms with Gasteiger partial charge in [-0.15, -0.1) is 0 Å². The molecular weight excluding hydrogens is 372 g/mol. The number of hydrogen-bond acceptors (Lipinski definition) is 6. The lowest BCUT2D eigenvalue weighted by Gasteiger charge is -2.30. The van der Waals surface area contributed by atoms with E-state index in [0.29, 0.717) is 17.3 Å². The topological polar surface area (TPSA) is 116 Å². The number of allylic oxidation sites excluding steroid dienone is 3. The molecule has 9 nitrogen and oxygen atoms in total. The van der Waals surface area contributed by atoms with Crippen molar-refractivity contribution in [3.8, 4) is 0 Å². The van der Waals surface area contributed by atoms with Crippen LogP contribution in [0.25, 0.3) is 0 Å². The molecule has 0 unspecified atom stereocenters. The Morgan fingerprint density at radius 2 is 1.93 bits per heavy atom. The first-order valence-corrected chi connectivity index (χ1v) is 9.86. The van der Waals surface area contributed by atoms with Crippen molar-refractivity contribution in [1.29, 1.82) is 0 Å². The van der Waals surface area contributed by atoms with Gasteiger partial charge in [0.05, 0.1) is 0 Å². The summed E-state index contributed by atoms with van der Waals surface area (Å²) in [4.78, 5) is 45.6. The predicted molar refractivity (Wildman–Crippen MR) is 106 cm³/mol. The molecule has 3 N–H and O–H groups in total. The van der Waals surface area contributed by atoms with Crippen molar-refractivity contribution >= 4 is 29.9 Å². The average Bonchev–Trinajstić information content (AvgIpc) is 3.39. The monoisotopic (exact) mass is 396 g/mol. The van der Waals surface area contributed by atoms with Gasteiger partial charge in [-0.3, -0.25) is 19.3 Å². The SMILES string of the molecule is C/C(=C\C=C1\C(=O)NC2(CCCC2)N1C=O)Nc1cc(NC(=O)C2CC2)ncn1. The van der Waals surface area contributed by atoms with Crippen molar-refractivity contribution in [2.24, 2.45) is 5.92 Å². The Morgan fingerprint density at radius 3 is 2.59 bits per heavy atom. The second kappa shape index (κ2) is 7.65. The third-order valence-electron chi connectivity index (χ3n) is 5.52. The molecule has 0 aromatic carbocycles. The minimum Gasteiger partial charge on any atom is -0.344 e. The zero-order valence-corrected chi connectivity index (χ0v) is 16.3. The van der Waals surface area contributed by atoms with Gasteiger partial charge in [-0.2, -0.15) is 0 Å². The lowest BCUT2D eigenvalue weighted by molar-refractivity contribution is -0.120.